The van der Waals surface area contributed by atoms with Crippen LogP contribution >= 0.6 is 23.2 Å². The van der Waals surface area contributed by atoms with Crippen LogP contribution in [0.1, 0.15) is 27.1 Å². The van der Waals surface area contributed by atoms with Crippen molar-refractivity contribution in [1.29, 1.82) is 0 Å². The number of carbonyl (C=O) groups excluding carboxylic acids is 4. The number of hydrogen-bond acceptors (Lipinski definition) is 8. The van der Waals surface area contributed by atoms with Crippen molar-refractivity contribution in [3.8, 4) is 0 Å². The number of esters is 1. The zero-order valence-electron chi connectivity index (χ0n) is 19.9. The molecule has 11 nitrogen and oxygen atoms in total. The lowest BCUT2D eigenvalue weighted by molar-refractivity contribution is -0.142. The lowest BCUT2D eigenvalue weighted by Crippen LogP contribution is -2.50. The molecule has 1 atom stereocenters. The second-order valence-electron chi connectivity index (χ2n) is 7.85. The first-order valence-electron chi connectivity index (χ1n) is 11.3. The van der Waals surface area contributed by atoms with Gasteiger partial charge in [-0.1, -0.05) is 35.3 Å². The second-order valence-corrected chi connectivity index (χ2v) is 8.66. The molecule has 3 amide bonds. The Balaban J connectivity index is 1.52. The third-order valence-electron chi connectivity index (χ3n) is 5.18. The Labute approximate surface area is 223 Å². The van der Waals surface area contributed by atoms with Crippen molar-refractivity contribution in [3.05, 3.63) is 63.6 Å². The standard InChI is InChI=1S/C24H26Cl2N6O5/c1-37-23(36)18(32-22(35)20-16(25)7-3-8-17(20)26)12-29-19(33)13-30-21(34)14-5-2-6-15(11-14)31-24-27-9-4-10-28-24/h2-3,5-8,11,18H,4,9-10,12-13H2,1H3,(H,29,33)(H,30,34)(H,32,35)(H2,27,28,31). The zero-order chi connectivity index (χ0) is 26.8. The van der Waals surface area contributed by atoms with Gasteiger partial charge >= 0.3 is 5.97 Å². The second kappa shape index (κ2) is 13.5. The summed E-state index contributed by atoms with van der Waals surface area (Å²) in [5.41, 5.74) is 0.993. The molecule has 0 radical (unpaired) electrons. The van der Waals surface area contributed by atoms with Gasteiger partial charge in [-0.25, -0.2) is 4.79 Å². The van der Waals surface area contributed by atoms with E-state index in [1.165, 1.54) is 12.1 Å². The minimum absolute atomic E-state index is 0.0126. The SMILES string of the molecule is COC(=O)C(CNC(=O)CNC(=O)c1cccc(NC2=NCCCN2)c1)NC(=O)c1c(Cl)cccc1Cl. The van der Waals surface area contributed by atoms with E-state index in [0.717, 1.165) is 26.6 Å². The summed E-state index contributed by atoms with van der Waals surface area (Å²) in [5, 5.41) is 13.9. The van der Waals surface area contributed by atoms with Crippen molar-refractivity contribution in [2.24, 2.45) is 4.99 Å². The van der Waals surface area contributed by atoms with Crippen molar-refractivity contribution in [3.63, 3.8) is 0 Å². The number of anilines is 1. The molecule has 2 aromatic carbocycles. The monoisotopic (exact) mass is 548 g/mol. The van der Waals surface area contributed by atoms with Crippen LogP contribution in [0, 0.1) is 0 Å². The lowest BCUT2D eigenvalue weighted by atomic mass is 10.2. The van der Waals surface area contributed by atoms with E-state index in [4.69, 9.17) is 27.9 Å². The highest BCUT2D eigenvalue weighted by Gasteiger charge is 2.25. The molecular formula is C24H26Cl2N6O5. The molecule has 13 heteroatoms. The van der Waals surface area contributed by atoms with Gasteiger partial charge < -0.3 is 31.3 Å². The van der Waals surface area contributed by atoms with E-state index in [1.807, 2.05) is 0 Å². The number of ether oxygens (including phenoxy) is 1. The average molecular weight is 549 g/mol. The fraction of sp³-hybridized carbons (Fsp3) is 0.292. The van der Waals surface area contributed by atoms with Gasteiger partial charge in [0.1, 0.15) is 6.04 Å². The van der Waals surface area contributed by atoms with Crippen LogP contribution in [0.25, 0.3) is 0 Å². The number of methoxy groups -OCH3 is 1. The molecule has 0 saturated heterocycles. The predicted molar refractivity (Wildman–Crippen MR) is 140 cm³/mol. The molecule has 196 valence electrons. The summed E-state index contributed by atoms with van der Waals surface area (Å²) in [6, 6.07) is 10.0. The van der Waals surface area contributed by atoms with Gasteiger partial charge in [0.15, 0.2) is 5.96 Å². The van der Waals surface area contributed by atoms with Crippen LogP contribution in [0.15, 0.2) is 47.5 Å². The maximum atomic E-state index is 12.6. The number of benzene rings is 2. The normalized spacial score (nSPS) is 13.3. The minimum atomic E-state index is -1.22. The average Bonchev–Trinajstić information content (AvgIpc) is 2.89. The summed E-state index contributed by atoms with van der Waals surface area (Å²) in [6.45, 7) is 0.890. The Kier molecular flexibility index (Phi) is 10.1. The van der Waals surface area contributed by atoms with Crippen molar-refractivity contribution in [2.75, 3.05) is 38.6 Å². The summed E-state index contributed by atoms with van der Waals surface area (Å²) in [7, 11) is 1.14. The van der Waals surface area contributed by atoms with Crippen LogP contribution in [0.5, 0.6) is 0 Å². The van der Waals surface area contributed by atoms with Crippen LogP contribution in [0.2, 0.25) is 10.0 Å². The first kappa shape index (κ1) is 27.8. The Morgan fingerprint density at radius 1 is 1.05 bits per heavy atom. The molecule has 0 aliphatic carbocycles. The summed E-state index contributed by atoms with van der Waals surface area (Å²) in [6.07, 6.45) is 0.957. The molecule has 0 fully saturated rings. The Bertz CT molecular complexity index is 1190. The van der Waals surface area contributed by atoms with E-state index in [0.29, 0.717) is 17.2 Å². The fourth-order valence-electron chi connectivity index (χ4n) is 3.31. The van der Waals surface area contributed by atoms with E-state index >= 15 is 0 Å². The van der Waals surface area contributed by atoms with Crippen LogP contribution in [-0.4, -0.2) is 69.0 Å². The Hall–Kier alpha value is -3.83. The number of guanidine groups is 1. The predicted octanol–water partition coefficient (Wildman–Crippen LogP) is 1.57. The molecule has 0 spiro atoms. The molecule has 37 heavy (non-hydrogen) atoms. The van der Waals surface area contributed by atoms with Crippen molar-refractivity contribution >= 4 is 58.5 Å². The number of rotatable bonds is 9. The largest absolute Gasteiger partial charge is 0.467 e. The van der Waals surface area contributed by atoms with Gasteiger partial charge in [-0.05, 0) is 36.8 Å². The third kappa shape index (κ3) is 8.09. The molecule has 1 aliphatic rings. The van der Waals surface area contributed by atoms with Crippen LogP contribution in [0.4, 0.5) is 5.69 Å². The molecular weight excluding hydrogens is 523 g/mol. The minimum Gasteiger partial charge on any atom is -0.467 e. The van der Waals surface area contributed by atoms with E-state index in [-0.39, 0.29) is 28.7 Å². The molecule has 5 N–H and O–H groups in total. The molecule has 1 heterocycles. The number of nitrogens with zero attached hydrogens (tertiary/aromatic N) is 1. The van der Waals surface area contributed by atoms with E-state index in [1.54, 1.807) is 30.3 Å². The molecule has 0 bridgehead atoms. The van der Waals surface area contributed by atoms with Gasteiger partial charge in [-0.3, -0.25) is 19.4 Å². The zero-order valence-corrected chi connectivity index (χ0v) is 21.4. The molecule has 3 rings (SSSR count). The Morgan fingerprint density at radius 2 is 1.78 bits per heavy atom. The maximum Gasteiger partial charge on any atom is 0.330 e. The van der Waals surface area contributed by atoms with E-state index in [9.17, 15) is 19.2 Å². The van der Waals surface area contributed by atoms with Crippen molar-refractivity contribution in [1.82, 2.24) is 21.3 Å². The van der Waals surface area contributed by atoms with Crippen molar-refractivity contribution < 1.29 is 23.9 Å². The van der Waals surface area contributed by atoms with Crippen molar-refractivity contribution in [2.45, 2.75) is 12.5 Å². The van der Waals surface area contributed by atoms with Gasteiger partial charge in [0.2, 0.25) is 5.91 Å². The fourth-order valence-corrected chi connectivity index (χ4v) is 3.88. The first-order valence-corrected chi connectivity index (χ1v) is 12.1. The number of carbonyl (C=O) groups is 4. The summed E-state index contributed by atoms with van der Waals surface area (Å²) >= 11 is 12.1. The van der Waals surface area contributed by atoms with Gasteiger partial charge in [-0.2, -0.15) is 0 Å². The van der Waals surface area contributed by atoms with Gasteiger partial charge in [0.05, 0.1) is 29.3 Å². The highest BCUT2D eigenvalue weighted by atomic mass is 35.5. The smallest absolute Gasteiger partial charge is 0.330 e. The first-order chi connectivity index (χ1) is 17.8. The number of amides is 3. The Morgan fingerprint density at radius 3 is 2.46 bits per heavy atom. The number of halogens is 2. The molecule has 1 aliphatic heterocycles. The summed E-state index contributed by atoms with van der Waals surface area (Å²) in [5.74, 6) is -1.92. The molecule has 0 saturated carbocycles. The lowest BCUT2D eigenvalue weighted by Gasteiger charge is -2.18. The highest BCUT2D eigenvalue weighted by Crippen LogP contribution is 2.24. The van der Waals surface area contributed by atoms with Gasteiger partial charge in [0.25, 0.3) is 11.8 Å². The van der Waals surface area contributed by atoms with E-state index < -0.39 is 29.7 Å². The van der Waals surface area contributed by atoms with Crippen LogP contribution in [0.3, 0.4) is 0 Å². The topological polar surface area (TPSA) is 150 Å². The van der Waals surface area contributed by atoms with Crippen LogP contribution in [-0.2, 0) is 14.3 Å². The number of aliphatic imine (C=N–C) groups is 1. The van der Waals surface area contributed by atoms with Gasteiger partial charge in [-0.15, -0.1) is 0 Å². The molecule has 1 unspecified atom stereocenters. The van der Waals surface area contributed by atoms with E-state index in [2.05, 4.69) is 31.6 Å². The molecule has 0 aromatic heterocycles. The summed E-state index contributed by atoms with van der Waals surface area (Å²) < 4.78 is 4.70. The third-order valence-corrected chi connectivity index (χ3v) is 5.81. The highest BCUT2D eigenvalue weighted by molar-refractivity contribution is 6.39. The summed E-state index contributed by atoms with van der Waals surface area (Å²) in [4.78, 5) is 53.9. The molecule has 2 aromatic rings. The van der Waals surface area contributed by atoms with Crippen LogP contribution < -0.4 is 26.6 Å². The maximum absolute atomic E-state index is 12.6. The number of hydrogen-bond donors (Lipinski definition) is 5. The van der Waals surface area contributed by atoms with Gasteiger partial charge in [0, 0.05) is 30.9 Å². The number of nitrogens with one attached hydrogen (secondary N) is 5. The quantitative estimate of drug-likeness (QED) is 0.298.